The summed E-state index contributed by atoms with van der Waals surface area (Å²) in [5, 5.41) is 6.08. The van der Waals surface area contributed by atoms with Crippen LogP contribution in [0.25, 0.3) is 0 Å². The van der Waals surface area contributed by atoms with Gasteiger partial charge in [0.25, 0.3) is 0 Å². The molecule has 3 rings (SSSR count). The Balaban J connectivity index is 1.80. The fourth-order valence-electron chi connectivity index (χ4n) is 3.01. The summed E-state index contributed by atoms with van der Waals surface area (Å²) in [5.41, 5.74) is 3.37. The minimum absolute atomic E-state index is 0.162. The predicted molar refractivity (Wildman–Crippen MR) is 96.8 cm³/mol. The summed E-state index contributed by atoms with van der Waals surface area (Å²) < 4.78 is 26.4. The highest BCUT2D eigenvalue weighted by atomic mass is 32.2. The number of hydrogen-bond donors (Lipinski definition) is 3. The lowest BCUT2D eigenvalue weighted by atomic mass is 9.95. The number of nitrogens with one attached hydrogen (secondary N) is 3. The molecule has 3 N–H and O–H groups in total. The average Bonchev–Trinajstić information content (AvgIpc) is 2.62. The van der Waals surface area contributed by atoms with Crippen LogP contribution in [0.1, 0.15) is 16.7 Å². The van der Waals surface area contributed by atoms with Gasteiger partial charge in [-0.1, -0.05) is 30.3 Å². The van der Waals surface area contributed by atoms with Crippen LogP contribution in [0.3, 0.4) is 0 Å². The Morgan fingerprint density at radius 1 is 1.12 bits per heavy atom. The summed E-state index contributed by atoms with van der Waals surface area (Å²) in [6.07, 6.45) is 0.607. The Morgan fingerprint density at radius 3 is 2.56 bits per heavy atom. The molecule has 1 atom stereocenters. The molecule has 1 amide bonds. The van der Waals surface area contributed by atoms with Crippen molar-refractivity contribution in [2.24, 2.45) is 0 Å². The van der Waals surface area contributed by atoms with Gasteiger partial charge in [0.05, 0.1) is 10.9 Å². The van der Waals surface area contributed by atoms with Gasteiger partial charge in [-0.3, -0.25) is 4.79 Å². The van der Waals surface area contributed by atoms with Gasteiger partial charge in [0.15, 0.2) is 0 Å². The van der Waals surface area contributed by atoms with Crippen molar-refractivity contribution in [2.75, 3.05) is 12.4 Å². The normalized spacial score (nSPS) is 17.0. The lowest BCUT2D eigenvalue weighted by molar-refractivity contribution is -0.118. The van der Waals surface area contributed by atoms with Crippen LogP contribution in [0.5, 0.6) is 0 Å². The van der Waals surface area contributed by atoms with Crippen LogP contribution < -0.4 is 15.4 Å². The maximum absolute atomic E-state index is 12.6. The van der Waals surface area contributed by atoms with Gasteiger partial charge in [0.2, 0.25) is 15.9 Å². The zero-order valence-corrected chi connectivity index (χ0v) is 15.0. The maximum atomic E-state index is 12.6. The van der Waals surface area contributed by atoms with E-state index >= 15 is 0 Å². The van der Waals surface area contributed by atoms with Crippen molar-refractivity contribution < 1.29 is 13.2 Å². The fourth-order valence-corrected chi connectivity index (χ4v) is 4.00. The summed E-state index contributed by atoms with van der Waals surface area (Å²) >= 11 is 0. The first-order valence-electron chi connectivity index (χ1n) is 8.06. The number of amides is 1. The minimum Gasteiger partial charge on any atom is -0.324 e. The molecule has 0 unspecified atom stereocenters. The second-order valence-electron chi connectivity index (χ2n) is 6.03. The second-order valence-corrected chi connectivity index (χ2v) is 7.89. The van der Waals surface area contributed by atoms with Crippen molar-refractivity contribution >= 4 is 21.6 Å². The van der Waals surface area contributed by atoms with E-state index in [9.17, 15) is 13.2 Å². The first-order chi connectivity index (χ1) is 11.9. The quantitative estimate of drug-likeness (QED) is 0.773. The summed E-state index contributed by atoms with van der Waals surface area (Å²) in [6.45, 7) is 2.32. The zero-order chi connectivity index (χ0) is 18.0. The SMILES string of the molecule is CNS(=O)(=O)c1cccc(NC(=O)[C@H]2Cc3ccccc3CN2)c1C. The van der Waals surface area contributed by atoms with Crippen LogP contribution >= 0.6 is 0 Å². The summed E-state index contributed by atoms with van der Waals surface area (Å²) in [7, 11) is -2.20. The number of carbonyl (C=O) groups excluding carboxylic acids is 1. The topological polar surface area (TPSA) is 87.3 Å². The first kappa shape index (κ1) is 17.6. The Labute approximate surface area is 147 Å². The van der Waals surface area contributed by atoms with Crippen LogP contribution in [0, 0.1) is 6.92 Å². The van der Waals surface area contributed by atoms with Crippen molar-refractivity contribution in [3.8, 4) is 0 Å². The smallest absolute Gasteiger partial charge is 0.241 e. The predicted octanol–water partition coefficient (Wildman–Crippen LogP) is 1.56. The third-order valence-corrected chi connectivity index (χ3v) is 6.06. The zero-order valence-electron chi connectivity index (χ0n) is 14.2. The molecule has 0 aliphatic carbocycles. The lowest BCUT2D eigenvalue weighted by Crippen LogP contribution is -2.44. The van der Waals surface area contributed by atoms with Gasteiger partial charge in [0, 0.05) is 12.2 Å². The average molecular weight is 359 g/mol. The molecule has 2 aromatic carbocycles. The number of sulfonamides is 1. The molecule has 0 bridgehead atoms. The molecule has 1 aliphatic rings. The van der Waals surface area contributed by atoms with E-state index in [0.29, 0.717) is 24.2 Å². The molecular weight excluding hydrogens is 338 g/mol. The van der Waals surface area contributed by atoms with E-state index in [1.807, 2.05) is 24.3 Å². The van der Waals surface area contributed by atoms with Crippen LogP contribution in [-0.4, -0.2) is 27.4 Å². The monoisotopic (exact) mass is 359 g/mol. The molecule has 132 valence electrons. The summed E-state index contributed by atoms with van der Waals surface area (Å²) in [6, 6.07) is 12.5. The Kier molecular flexibility index (Phi) is 4.89. The Bertz CT molecular complexity index is 910. The van der Waals surface area contributed by atoms with Gasteiger partial charge < -0.3 is 10.6 Å². The van der Waals surface area contributed by atoms with Gasteiger partial charge >= 0.3 is 0 Å². The van der Waals surface area contributed by atoms with E-state index in [4.69, 9.17) is 0 Å². The molecule has 0 radical (unpaired) electrons. The molecule has 2 aromatic rings. The minimum atomic E-state index is -3.57. The van der Waals surface area contributed by atoms with Crippen molar-refractivity contribution in [3.05, 3.63) is 59.2 Å². The fraction of sp³-hybridized carbons (Fsp3) is 0.278. The number of fused-ring (bicyclic) bond motifs is 1. The third-order valence-electron chi connectivity index (χ3n) is 4.50. The van der Waals surface area contributed by atoms with Gasteiger partial charge in [0.1, 0.15) is 0 Å². The highest BCUT2D eigenvalue weighted by Gasteiger charge is 2.25. The lowest BCUT2D eigenvalue weighted by Gasteiger charge is -2.25. The third kappa shape index (κ3) is 3.58. The molecule has 0 saturated heterocycles. The van der Waals surface area contributed by atoms with E-state index in [1.165, 1.54) is 18.7 Å². The van der Waals surface area contributed by atoms with Crippen LogP contribution in [0.15, 0.2) is 47.4 Å². The standard InChI is InChI=1S/C18H21N3O3S/c1-12-15(8-5-9-17(12)25(23,24)19-2)21-18(22)16-10-13-6-3-4-7-14(13)11-20-16/h3-9,16,19-20H,10-11H2,1-2H3,(H,21,22)/t16-/m1/s1. The van der Waals surface area contributed by atoms with Crippen molar-refractivity contribution in [3.63, 3.8) is 0 Å². The van der Waals surface area contributed by atoms with E-state index in [1.54, 1.807) is 19.1 Å². The summed E-state index contributed by atoms with van der Waals surface area (Å²) in [5.74, 6) is -0.170. The summed E-state index contributed by atoms with van der Waals surface area (Å²) in [4.78, 5) is 12.8. The Hall–Kier alpha value is -2.22. The number of rotatable bonds is 4. The van der Waals surface area contributed by atoms with Crippen LogP contribution in [0.4, 0.5) is 5.69 Å². The number of anilines is 1. The van der Waals surface area contributed by atoms with Crippen LogP contribution in [0.2, 0.25) is 0 Å². The van der Waals surface area contributed by atoms with Gasteiger partial charge in [-0.25, -0.2) is 13.1 Å². The molecule has 1 aliphatic heterocycles. The Morgan fingerprint density at radius 2 is 1.84 bits per heavy atom. The van der Waals surface area contributed by atoms with Gasteiger partial charge in [-0.05, 0) is 49.2 Å². The molecule has 1 heterocycles. The molecule has 6 nitrogen and oxygen atoms in total. The van der Waals surface area contributed by atoms with Crippen molar-refractivity contribution in [1.29, 1.82) is 0 Å². The molecule has 0 saturated carbocycles. The van der Waals surface area contributed by atoms with E-state index in [0.717, 1.165) is 5.56 Å². The number of benzene rings is 2. The highest BCUT2D eigenvalue weighted by Crippen LogP contribution is 2.24. The van der Waals surface area contributed by atoms with E-state index < -0.39 is 10.0 Å². The molecule has 0 aromatic heterocycles. The van der Waals surface area contributed by atoms with Crippen molar-refractivity contribution in [2.45, 2.75) is 30.8 Å². The van der Waals surface area contributed by atoms with Gasteiger partial charge in [-0.15, -0.1) is 0 Å². The highest BCUT2D eigenvalue weighted by molar-refractivity contribution is 7.89. The first-order valence-corrected chi connectivity index (χ1v) is 9.55. The van der Waals surface area contributed by atoms with Crippen LogP contribution in [-0.2, 0) is 27.8 Å². The van der Waals surface area contributed by atoms with E-state index in [-0.39, 0.29) is 16.8 Å². The molecule has 0 spiro atoms. The molecular formula is C18H21N3O3S. The van der Waals surface area contributed by atoms with Gasteiger partial charge in [-0.2, -0.15) is 0 Å². The number of hydrogen-bond acceptors (Lipinski definition) is 4. The van der Waals surface area contributed by atoms with E-state index in [2.05, 4.69) is 15.4 Å². The largest absolute Gasteiger partial charge is 0.324 e. The maximum Gasteiger partial charge on any atom is 0.241 e. The second kappa shape index (κ2) is 6.95. The van der Waals surface area contributed by atoms with Crippen molar-refractivity contribution in [1.82, 2.24) is 10.0 Å². The molecule has 7 heteroatoms. The number of carbonyl (C=O) groups is 1. The molecule has 25 heavy (non-hydrogen) atoms. The molecule has 0 fully saturated rings.